The fourth-order valence-corrected chi connectivity index (χ4v) is 3.04. The number of imidazole rings is 1. The number of rotatable bonds is 4. The maximum Gasteiger partial charge on any atom is 0.256 e. The SMILES string of the molecule is COc1nc(C)nn2ccc(-c3cc(F)c4ncn(CC(F)F)c4c3)c12. The molecule has 0 aliphatic carbocycles. The molecule has 0 aliphatic rings. The first-order valence-corrected chi connectivity index (χ1v) is 7.81. The second kappa shape index (κ2) is 6.01. The first-order chi connectivity index (χ1) is 12.5. The fraction of sp³-hybridized carbons (Fsp3) is 0.235. The monoisotopic (exact) mass is 361 g/mol. The molecule has 0 saturated carbocycles. The molecule has 3 heterocycles. The number of halogens is 3. The molecule has 26 heavy (non-hydrogen) atoms. The van der Waals surface area contributed by atoms with Crippen LogP contribution in [0.25, 0.3) is 27.7 Å². The lowest BCUT2D eigenvalue weighted by Crippen LogP contribution is -2.05. The molecular weight excluding hydrogens is 347 g/mol. The highest BCUT2D eigenvalue weighted by Gasteiger charge is 2.18. The molecule has 0 unspecified atom stereocenters. The number of ether oxygens (including phenoxy) is 1. The van der Waals surface area contributed by atoms with Crippen molar-refractivity contribution in [1.82, 2.24) is 24.1 Å². The Balaban J connectivity index is 1.96. The molecule has 0 bridgehead atoms. The number of nitrogens with zero attached hydrogens (tertiary/aromatic N) is 5. The van der Waals surface area contributed by atoms with Crippen molar-refractivity contribution in [2.45, 2.75) is 19.9 Å². The van der Waals surface area contributed by atoms with Crippen LogP contribution in [-0.4, -0.2) is 37.7 Å². The average Bonchev–Trinajstić information content (AvgIpc) is 3.18. The molecule has 0 amide bonds. The minimum atomic E-state index is -2.56. The predicted molar refractivity (Wildman–Crippen MR) is 89.0 cm³/mol. The smallest absolute Gasteiger partial charge is 0.256 e. The van der Waals surface area contributed by atoms with Crippen molar-refractivity contribution in [3.8, 4) is 17.0 Å². The van der Waals surface area contributed by atoms with Crippen LogP contribution >= 0.6 is 0 Å². The molecule has 1 aromatic carbocycles. The molecule has 3 aromatic heterocycles. The quantitative estimate of drug-likeness (QED) is 0.559. The van der Waals surface area contributed by atoms with E-state index in [1.807, 2.05) is 0 Å². The molecule has 4 rings (SSSR count). The minimum absolute atomic E-state index is 0.0528. The van der Waals surface area contributed by atoms with Gasteiger partial charge in [0.05, 0.1) is 25.5 Å². The van der Waals surface area contributed by atoms with Crippen LogP contribution in [-0.2, 0) is 6.54 Å². The molecule has 6 nitrogen and oxygen atoms in total. The Morgan fingerprint density at radius 1 is 1.27 bits per heavy atom. The van der Waals surface area contributed by atoms with Crippen molar-refractivity contribution in [3.05, 3.63) is 42.4 Å². The first-order valence-electron chi connectivity index (χ1n) is 7.81. The number of hydrogen-bond acceptors (Lipinski definition) is 4. The van der Waals surface area contributed by atoms with E-state index in [1.54, 1.807) is 29.8 Å². The number of alkyl halides is 2. The molecule has 0 atom stereocenters. The number of hydrogen-bond donors (Lipinski definition) is 0. The average molecular weight is 361 g/mol. The van der Waals surface area contributed by atoms with Gasteiger partial charge in [-0.3, -0.25) is 0 Å². The number of fused-ring (bicyclic) bond motifs is 2. The molecule has 0 spiro atoms. The molecular formula is C17H14F3N5O. The summed E-state index contributed by atoms with van der Waals surface area (Å²) in [6.07, 6.45) is 0.362. The third kappa shape index (κ3) is 2.56. The zero-order valence-corrected chi connectivity index (χ0v) is 13.9. The van der Waals surface area contributed by atoms with Gasteiger partial charge in [-0.05, 0) is 30.7 Å². The maximum atomic E-state index is 14.5. The summed E-state index contributed by atoms with van der Waals surface area (Å²) in [6.45, 7) is 1.18. The molecule has 0 aliphatic heterocycles. The van der Waals surface area contributed by atoms with Crippen LogP contribution in [0, 0.1) is 12.7 Å². The Morgan fingerprint density at radius 3 is 2.81 bits per heavy atom. The fourth-order valence-electron chi connectivity index (χ4n) is 3.04. The van der Waals surface area contributed by atoms with Gasteiger partial charge in [0.15, 0.2) is 5.82 Å². The highest BCUT2D eigenvalue weighted by atomic mass is 19.3. The third-order valence-corrected chi connectivity index (χ3v) is 4.10. The maximum absolute atomic E-state index is 14.5. The standard InChI is InChI=1S/C17H14F3N5O/c1-9-22-17(26-2)16-11(3-4-25(16)23-9)10-5-12(18)15-13(6-10)24(8-21-15)7-14(19)20/h3-6,8,14H,7H2,1-2H3. The summed E-state index contributed by atoms with van der Waals surface area (Å²) in [4.78, 5) is 8.15. The Kier molecular flexibility index (Phi) is 3.78. The summed E-state index contributed by atoms with van der Waals surface area (Å²) in [6, 6.07) is 4.69. The molecule has 0 radical (unpaired) electrons. The van der Waals surface area contributed by atoms with Gasteiger partial charge in [0.1, 0.15) is 16.9 Å². The van der Waals surface area contributed by atoms with Crippen LogP contribution in [0.2, 0.25) is 0 Å². The van der Waals surface area contributed by atoms with E-state index in [0.29, 0.717) is 33.9 Å². The van der Waals surface area contributed by atoms with Gasteiger partial charge in [-0.2, -0.15) is 10.1 Å². The number of aromatic nitrogens is 5. The molecule has 4 aromatic rings. The first kappa shape index (κ1) is 16.4. The van der Waals surface area contributed by atoms with Crippen molar-refractivity contribution in [3.63, 3.8) is 0 Å². The van der Waals surface area contributed by atoms with Crippen LogP contribution in [0.1, 0.15) is 5.82 Å². The van der Waals surface area contributed by atoms with E-state index >= 15 is 0 Å². The Morgan fingerprint density at radius 2 is 2.08 bits per heavy atom. The highest BCUT2D eigenvalue weighted by Crippen LogP contribution is 2.33. The van der Waals surface area contributed by atoms with Gasteiger partial charge in [0.25, 0.3) is 6.43 Å². The summed E-state index contributed by atoms with van der Waals surface area (Å²) >= 11 is 0. The molecule has 0 saturated heterocycles. The lowest BCUT2D eigenvalue weighted by molar-refractivity contribution is 0.128. The van der Waals surface area contributed by atoms with Crippen molar-refractivity contribution < 1.29 is 17.9 Å². The van der Waals surface area contributed by atoms with Gasteiger partial charge in [-0.15, -0.1) is 0 Å². The van der Waals surface area contributed by atoms with Crippen molar-refractivity contribution >= 4 is 16.6 Å². The van der Waals surface area contributed by atoms with E-state index in [0.717, 1.165) is 0 Å². The summed E-state index contributed by atoms with van der Waals surface area (Å²) in [5.41, 5.74) is 2.05. The normalized spacial score (nSPS) is 11.8. The van der Waals surface area contributed by atoms with E-state index in [1.165, 1.54) is 24.1 Å². The van der Waals surface area contributed by atoms with E-state index < -0.39 is 18.8 Å². The van der Waals surface area contributed by atoms with Gasteiger partial charge < -0.3 is 9.30 Å². The van der Waals surface area contributed by atoms with Crippen molar-refractivity contribution in [2.75, 3.05) is 7.11 Å². The van der Waals surface area contributed by atoms with Gasteiger partial charge in [-0.1, -0.05) is 0 Å². The highest BCUT2D eigenvalue weighted by molar-refractivity contribution is 5.89. The zero-order chi connectivity index (χ0) is 18.4. The third-order valence-electron chi connectivity index (χ3n) is 4.10. The number of methoxy groups -OCH3 is 1. The van der Waals surface area contributed by atoms with Gasteiger partial charge in [-0.25, -0.2) is 22.7 Å². The minimum Gasteiger partial charge on any atom is -0.479 e. The topological polar surface area (TPSA) is 57.2 Å². The molecule has 9 heteroatoms. The van der Waals surface area contributed by atoms with E-state index in [9.17, 15) is 13.2 Å². The number of benzene rings is 1. The lowest BCUT2D eigenvalue weighted by atomic mass is 10.1. The van der Waals surface area contributed by atoms with E-state index in [2.05, 4.69) is 15.1 Å². The van der Waals surface area contributed by atoms with Crippen LogP contribution in [0.3, 0.4) is 0 Å². The lowest BCUT2D eigenvalue weighted by Gasteiger charge is -2.08. The van der Waals surface area contributed by atoms with Crippen molar-refractivity contribution in [1.29, 1.82) is 0 Å². The zero-order valence-electron chi connectivity index (χ0n) is 13.9. The Hall–Kier alpha value is -3.10. The van der Waals surface area contributed by atoms with Crippen LogP contribution < -0.4 is 4.74 Å². The summed E-state index contributed by atoms with van der Waals surface area (Å²) in [5, 5.41) is 4.28. The Bertz CT molecular complexity index is 1120. The van der Waals surface area contributed by atoms with Crippen molar-refractivity contribution in [2.24, 2.45) is 0 Å². The van der Waals surface area contributed by atoms with Crippen LogP contribution in [0.4, 0.5) is 13.2 Å². The molecule has 0 N–H and O–H groups in total. The van der Waals surface area contributed by atoms with Crippen LogP contribution in [0.15, 0.2) is 30.7 Å². The second-order valence-corrected chi connectivity index (χ2v) is 5.80. The summed E-state index contributed by atoms with van der Waals surface area (Å²) in [5.74, 6) is 0.282. The summed E-state index contributed by atoms with van der Waals surface area (Å²) in [7, 11) is 1.49. The van der Waals surface area contributed by atoms with E-state index in [-0.39, 0.29) is 5.52 Å². The summed E-state index contributed by atoms with van der Waals surface area (Å²) < 4.78 is 48.2. The molecule has 134 valence electrons. The van der Waals surface area contributed by atoms with E-state index in [4.69, 9.17) is 4.74 Å². The Labute approximate surface area is 145 Å². The predicted octanol–water partition coefficient (Wildman–Crippen LogP) is 3.47. The number of aryl methyl sites for hydroxylation is 1. The second-order valence-electron chi connectivity index (χ2n) is 5.80. The largest absolute Gasteiger partial charge is 0.479 e. The van der Waals surface area contributed by atoms with Crippen LogP contribution in [0.5, 0.6) is 5.88 Å². The molecule has 0 fully saturated rings. The van der Waals surface area contributed by atoms with Gasteiger partial charge in [0.2, 0.25) is 5.88 Å². The van der Waals surface area contributed by atoms with Gasteiger partial charge in [0, 0.05) is 11.8 Å². The van der Waals surface area contributed by atoms with Gasteiger partial charge >= 0.3 is 0 Å².